The van der Waals surface area contributed by atoms with Crippen molar-refractivity contribution in [3.05, 3.63) is 200 Å². The van der Waals surface area contributed by atoms with E-state index < -0.39 is 0 Å². The fourth-order valence-corrected chi connectivity index (χ4v) is 11.1. The molecule has 12 aromatic carbocycles. The van der Waals surface area contributed by atoms with Crippen molar-refractivity contribution in [3.8, 4) is 34.4 Å². The van der Waals surface area contributed by atoms with Crippen LogP contribution in [0.4, 0.5) is 0 Å². The molecule has 0 saturated carbocycles. The Bertz CT molecular complexity index is 4130. The van der Waals surface area contributed by atoms with E-state index in [0.717, 1.165) is 65.7 Å². The molecule has 0 N–H and O–H groups in total. The summed E-state index contributed by atoms with van der Waals surface area (Å²) in [6.07, 6.45) is 0. The summed E-state index contributed by atoms with van der Waals surface area (Å²) in [6, 6.07) is 72.6. The fourth-order valence-electron chi connectivity index (χ4n) is 11.1. The van der Waals surface area contributed by atoms with Crippen LogP contribution in [0.5, 0.6) is 0 Å². The summed E-state index contributed by atoms with van der Waals surface area (Å²) < 4.78 is 4.67. The average molecular weight is 812 g/mol. The predicted octanol–water partition coefficient (Wildman–Crippen LogP) is 15.2. The number of rotatable bonds is 4. The van der Waals surface area contributed by atoms with E-state index in [1.807, 2.05) is 0 Å². The van der Waals surface area contributed by atoms with Crippen LogP contribution >= 0.6 is 0 Å². The van der Waals surface area contributed by atoms with Gasteiger partial charge in [0.25, 0.3) is 0 Å². The zero-order valence-electron chi connectivity index (χ0n) is 34.3. The molecule has 0 radical (unpaired) electrons. The van der Waals surface area contributed by atoms with Crippen LogP contribution in [0, 0.1) is 0 Å². The first-order valence-electron chi connectivity index (χ1n) is 21.8. The van der Waals surface area contributed by atoms with Gasteiger partial charge in [-0.25, -0.2) is 4.98 Å². The second-order valence-corrected chi connectivity index (χ2v) is 17.2. The van der Waals surface area contributed by atoms with Crippen molar-refractivity contribution in [1.29, 1.82) is 0 Å². The summed E-state index contributed by atoms with van der Waals surface area (Å²) >= 11 is 0. The maximum Gasteiger partial charge on any atom is 0.238 e. The molecular weight excluding hydrogens is 779 g/mol. The van der Waals surface area contributed by atoms with Crippen molar-refractivity contribution >= 4 is 108 Å². The molecule has 0 aliphatic rings. The Morgan fingerprint density at radius 1 is 0.281 bits per heavy atom. The molecule has 0 amide bonds. The smallest absolute Gasteiger partial charge is 0.238 e. The molecule has 3 heterocycles. The maximum atomic E-state index is 5.49. The number of fused-ring (bicyclic) bond motifs is 7. The van der Waals surface area contributed by atoms with Crippen LogP contribution in [0.3, 0.4) is 0 Å². The highest BCUT2D eigenvalue weighted by atomic mass is 15.2. The van der Waals surface area contributed by atoms with E-state index >= 15 is 0 Å². The van der Waals surface area contributed by atoms with Crippen LogP contribution < -0.4 is 0 Å². The standard InChI is InChI=1S/C59H33N5/c1-2-14-44(15-3-1)63-48-18-6-4-16-45(48)46-28-29-50-55(56(46)63)47-17-5-7-19-49(47)64(50)59-61-57(42-30-38-24-20-34-10-8-11-35-21-25-39(31-42)53(38)51(34)35)60-58(62-59)43-32-40-26-22-36-12-9-13-37-23-27-41(33-43)54(40)52(36)37/h1-33H. The number of nitrogens with zero attached hydrogens (tertiary/aromatic N) is 5. The molecule has 64 heavy (non-hydrogen) atoms. The minimum Gasteiger partial charge on any atom is -0.309 e. The quantitative estimate of drug-likeness (QED) is 0.166. The molecule has 0 bridgehead atoms. The summed E-state index contributed by atoms with van der Waals surface area (Å²) in [4.78, 5) is 16.4. The van der Waals surface area contributed by atoms with Gasteiger partial charge in [0, 0.05) is 38.4 Å². The van der Waals surface area contributed by atoms with Gasteiger partial charge in [-0.1, -0.05) is 146 Å². The Morgan fingerprint density at radius 3 is 1.28 bits per heavy atom. The van der Waals surface area contributed by atoms with Gasteiger partial charge in [-0.15, -0.1) is 0 Å². The molecule has 294 valence electrons. The van der Waals surface area contributed by atoms with E-state index in [1.54, 1.807) is 0 Å². The molecule has 0 saturated heterocycles. The monoisotopic (exact) mass is 811 g/mol. The summed E-state index contributed by atoms with van der Waals surface area (Å²) in [5.41, 5.74) is 7.40. The minimum absolute atomic E-state index is 0.572. The molecule has 0 atom stereocenters. The Kier molecular flexibility index (Phi) is 6.62. The number of para-hydroxylation sites is 3. The van der Waals surface area contributed by atoms with E-state index in [0.29, 0.717) is 17.6 Å². The van der Waals surface area contributed by atoms with Crippen LogP contribution in [0.1, 0.15) is 0 Å². The van der Waals surface area contributed by atoms with Crippen LogP contribution in [0.15, 0.2) is 200 Å². The second kappa shape index (κ2) is 12.5. The van der Waals surface area contributed by atoms with E-state index in [-0.39, 0.29) is 0 Å². The molecular formula is C59H33N5. The lowest BCUT2D eigenvalue weighted by Gasteiger charge is -2.15. The van der Waals surface area contributed by atoms with Crippen LogP contribution in [-0.2, 0) is 0 Å². The molecule has 0 spiro atoms. The molecule has 5 nitrogen and oxygen atoms in total. The second-order valence-electron chi connectivity index (χ2n) is 17.2. The van der Waals surface area contributed by atoms with Crippen LogP contribution in [-0.4, -0.2) is 24.1 Å². The van der Waals surface area contributed by atoms with Crippen molar-refractivity contribution in [1.82, 2.24) is 24.1 Å². The molecule has 15 rings (SSSR count). The highest BCUT2D eigenvalue weighted by Gasteiger charge is 2.24. The number of hydrogen-bond donors (Lipinski definition) is 0. The van der Waals surface area contributed by atoms with Gasteiger partial charge in [0.2, 0.25) is 5.95 Å². The van der Waals surface area contributed by atoms with Gasteiger partial charge < -0.3 is 4.57 Å². The summed E-state index contributed by atoms with van der Waals surface area (Å²) in [5, 5.41) is 19.5. The number of aromatic nitrogens is 5. The summed E-state index contributed by atoms with van der Waals surface area (Å²) in [7, 11) is 0. The third-order valence-electron chi connectivity index (χ3n) is 13.8. The van der Waals surface area contributed by atoms with Crippen LogP contribution in [0.25, 0.3) is 143 Å². The number of benzene rings is 12. The SMILES string of the molecule is c1ccc(-n2c3ccccc3c3ccc4c(c5ccccc5n4-c4nc(-c5cc6ccc7cccc8ccc(c5)c6c78)nc(-c5cc6ccc7cccc8ccc(c5)c6c78)n4)c32)cc1. The first kappa shape index (κ1) is 34.0. The molecule has 0 aliphatic carbocycles. The van der Waals surface area contributed by atoms with E-state index in [9.17, 15) is 0 Å². The Morgan fingerprint density at radius 2 is 0.734 bits per heavy atom. The van der Waals surface area contributed by atoms with Gasteiger partial charge in [-0.3, -0.25) is 4.57 Å². The van der Waals surface area contributed by atoms with Gasteiger partial charge >= 0.3 is 0 Å². The van der Waals surface area contributed by atoms with Crippen LogP contribution in [0.2, 0.25) is 0 Å². The third-order valence-corrected chi connectivity index (χ3v) is 13.8. The van der Waals surface area contributed by atoms with E-state index in [4.69, 9.17) is 15.0 Å². The van der Waals surface area contributed by atoms with Crippen molar-refractivity contribution < 1.29 is 0 Å². The van der Waals surface area contributed by atoms with Gasteiger partial charge in [-0.05, 0) is 119 Å². The largest absolute Gasteiger partial charge is 0.309 e. The highest BCUT2D eigenvalue weighted by molar-refractivity contribution is 6.27. The lowest BCUT2D eigenvalue weighted by Crippen LogP contribution is -2.06. The predicted molar refractivity (Wildman–Crippen MR) is 267 cm³/mol. The third kappa shape index (κ3) is 4.59. The van der Waals surface area contributed by atoms with E-state index in [1.165, 1.54) is 59.4 Å². The van der Waals surface area contributed by atoms with Gasteiger partial charge in [0.05, 0.1) is 22.1 Å². The minimum atomic E-state index is 0.572. The summed E-state index contributed by atoms with van der Waals surface area (Å²) in [5.74, 6) is 1.82. The molecule has 0 aliphatic heterocycles. The van der Waals surface area contributed by atoms with Crippen molar-refractivity contribution in [2.24, 2.45) is 0 Å². The molecule has 5 heteroatoms. The maximum absolute atomic E-state index is 5.49. The Labute approximate surface area is 365 Å². The Hall–Kier alpha value is -8.67. The van der Waals surface area contributed by atoms with Gasteiger partial charge in [0.1, 0.15) is 0 Å². The molecule has 15 aromatic rings. The zero-order valence-corrected chi connectivity index (χ0v) is 34.3. The average Bonchev–Trinajstić information content (AvgIpc) is 3.88. The highest BCUT2D eigenvalue weighted by Crippen LogP contribution is 2.43. The normalized spacial score (nSPS) is 12.4. The van der Waals surface area contributed by atoms with Crippen molar-refractivity contribution in [2.75, 3.05) is 0 Å². The summed E-state index contributed by atoms with van der Waals surface area (Å²) in [6.45, 7) is 0. The van der Waals surface area contributed by atoms with Crippen molar-refractivity contribution in [2.45, 2.75) is 0 Å². The zero-order chi connectivity index (χ0) is 41.6. The van der Waals surface area contributed by atoms with Gasteiger partial charge in [0.15, 0.2) is 11.6 Å². The lowest BCUT2D eigenvalue weighted by atomic mass is 9.92. The van der Waals surface area contributed by atoms with Gasteiger partial charge in [-0.2, -0.15) is 9.97 Å². The number of hydrogen-bond acceptors (Lipinski definition) is 3. The topological polar surface area (TPSA) is 48.5 Å². The molecule has 3 aromatic heterocycles. The molecule has 0 unspecified atom stereocenters. The lowest BCUT2D eigenvalue weighted by molar-refractivity contribution is 0.954. The fraction of sp³-hybridized carbons (Fsp3) is 0. The first-order chi connectivity index (χ1) is 31.7. The first-order valence-corrected chi connectivity index (χ1v) is 21.8. The Balaban J connectivity index is 1.05. The van der Waals surface area contributed by atoms with E-state index in [2.05, 4.69) is 209 Å². The molecule has 0 fully saturated rings. The van der Waals surface area contributed by atoms with Crippen molar-refractivity contribution in [3.63, 3.8) is 0 Å².